The van der Waals surface area contributed by atoms with Crippen LogP contribution in [0.1, 0.15) is 25.8 Å². The van der Waals surface area contributed by atoms with E-state index in [1.807, 2.05) is 31.2 Å². The molecule has 1 atom stereocenters. The van der Waals surface area contributed by atoms with E-state index in [4.69, 9.17) is 4.74 Å². The molecule has 5 nitrogen and oxygen atoms in total. The average molecular weight is 279 g/mol. The van der Waals surface area contributed by atoms with Crippen LogP contribution in [0, 0.1) is 0 Å². The molecule has 0 radical (unpaired) electrons. The summed E-state index contributed by atoms with van der Waals surface area (Å²) in [7, 11) is 1.33. The minimum absolute atomic E-state index is 0.120. The van der Waals surface area contributed by atoms with Gasteiger partial charge in [-0.05, 0) is 31.5 Å². The van der Waals surface area contributed by atoms with E-state index in [0.29, 0.717) is 6.61 Å². The fourth-order valence-electron chi connectivity index (χ4n) is 1.77. The zero-order valence-electron chi connectivity index (χ0n) is 12.1. The highest BCUT2D eigenvalue weighted by Crippen LogP contribution is 2.12. The van der Waals surface area contributed by atoms with Crippen LogP contribution in [0.5, 0.6) is 5.75 Å². The summed E-state index contributed by atoms with van der Waals surface area (Å²) in [5.41, 5.74) is 0.899. The summed E-state index contributed by atoms with van der Waals surface area (Å²) in [4.78, 5) is 22.9. The van der Waals surface area contributed by atoms with E-state index in [2.05, 4.69) is 10.1 Å². The Kier molecular flexibility index (Phi) is 6.56. The van der Waals surface area contributed by atoms with Gasteiger partial charge in [-0.25, -0.2) is 0 Å². The lowest BCUT2D eigenvalue weighted by atomic mass is 10.1. The number of benzene rings is 1. The second-order valence-electron chi connectivity index (χ2n) is 4.50. The van der Waals surface area contributed by atoms with Crippen molar-refractivity contribution in [2.45, 2.75) is 32.7 Å². The van der Waals surface area contributed by atoms with Gasteiger partial charge >= 0.3 is 5.97 Å². The second kappa shape index (κ2) is 8.19. The zero-order valence-corrected chi connectivity index (χ0v) is 12.1. The minimum Gasteiger partial charge on any atom is -0.494 e. The van der Waals surface area contributed by atoms with E-state index in [1.54, 1.807) is 6.92 Å². The fraction of sp³-hybridized carbons (Fsp3) is 0.467. The Balaban J connectivity index is 2.43. The number of esters is 1. The number of hydrogen-bond acceptors (Lipinski definition) is 4. The van der Waals surface area contributed by atoms with Crippen molar-refractivity contribution in [1.82, 2.24) is 5.32 Å². The Labute approximate surface area is 119 Å². The second-order valence-corrected chi connectivity index (χ2v) is 4.50. The summed E-state index contributed by atoms with van der Waals surface area (Å²) < 4.78 is 9.89. The summed E-state index contributed by atoms with van der Waals surface area (Å²) in [6.07, 6.45) is 0.448. The van der Waals surface area contributed by atoms with Crippen LogP contribution >= 0.6 is 0 Å². The number of ether oxygens (including phenoxy) is 2. The lowest BCUT2D eigenvalue weighted by Gasteiger charge is -2.12. The Morgan fingerprint density at radius 2 is 1.90 bits per heavy atom. The van der Waals surface area contributed by atoms with Crippen molar-refractivity contribution < 1.29 is 19.1 Å². The predicted molar refractivity (Wildman–Crippen MR) is 75.6 cm³/mol. The van der Waals surface area contributed by atoms with Gasteiger partial charge in [0, 0.05) is 6.04 Å². The van der Waals surface area contributed by atoms with Gasteiger partial charge in [0.15, 0.2) is 0 Å². The molecule has 0 aliphatic carbocycles. The fourth-order valence-corrected chi connectivity index (χ4v) is 1.77. The third-order valence-corrected chi connectivity index (χ3v) is 2.71. The van der Waals surface area contributed by atoms with E-state index < -0.39 is 0 Å². The molecule has 0 spiro atoms. The average Bonchev–Trinajstić information content (AvgIpc) is 2.40. The number of rotatable bonds is 7. The summed E-state index contributed by atoms with van der Waals surface area (Å²) in [6.45, 7) is 4.31. The van der Waals surface area contributed by atoms with E-state index in [9.17, 15) is 9.59 Å². The quantitative estimate of drug-likeness (QED) is 0.771. The molecule has 0 aliphatic heterocycles. The normalized spacial score (nSPS) is 11.6. The van der Waals surface area contributed by atoms with Crippen LogP contribution in [-0.2, 0) is 20.7 Å². The zero-order chi connectivity index (χ0) is 15.0. The lowest BCUT2D eigenvalue weighted by Crippen LogP contribution is -2.35. The van der Waals surface area contributed by atoms with Crippen molar-refractivity contribution >= 4 is 11.9 Å². The van der Waals surface area contributed by atoms with Gasteiger partial charge in [0.05, 0.1) is 26.6 Å². The maximum atomic E-state index is 11.8. The van der Waals surface area contributed by atoms with Crippen molar-refractivity contribution in [1.29, 1.82) is 0 Å². The summed E-state index contributed by atoms with van der Waals surface area (Å²) in [5.74, 6) is 0.333. The van der Waals surface area contributed by atoms with Crippen LogP contribution in [-0.4, -0.2) is 31.6 Å². The molecule has 0 saturated heterocycles. The highest BCUT2D eigenvalue weighted by molar-refractivity contribution is 5.79. The van der Waals surface area contributed by atoms with Gasteiger partial charge in [-0.15, -0.1) is 0 Å². The van der Waals surface area contributed by atoms with E-state index in [-0.39, 0.29) is 30.8 Å². The first kappa shape index (κ1) is 16.0. The Bertz CT molecular complexity index is 442. The van der Waals surface area contributed by atoms with Crippen molar-refractivity contribution in [2.24, 2.45) is 0 Å². The molecule has 0 fully saturated rings. The molecule has 0 aliphatic rings. The SMILES string of the molecule is CCOc1ccc(CC(=O)NC(C)CC(=O)OC)cc1. The lowest BCUT2D eigenvalue weighted by molar-refractivity contribution is -0.141. The molecular formula is C15H21NO4. The van der Waals surface area contributed by atoms with Gasteiger partial charge in [-0.3, -0.25) is 9.59 Å². The van der Waals surface area contributed by atoms with Crippen molar-refractivity contribution in [3.8, 4) is 5.75 Å². The van der Waals surface area contributed by atoms with E-state index >= 15 is 0 Å². The molecule has 1 N–H and O–H groups in total. The Hall–Kier alpha value is -2.04. The first-order valence-electron chi connectivity index (χ1n) is 6.63. The monoisotopic (exact) mass is 279 g/mol. The third kappa shape index (κ3) is 5.73. The first-order valence-corrected chi connectivity index (χ1v) is 6.63. The molecule has 110 valence electrons. The van der Waals surface area contributed by atoms with Crippen molar-refractivity contribution in [3.05, 3.63) is 29.8 Å². The van der Waals surface area contributed by atoms with Crippen LogP contribution in [0.25, 0.3) is 0 Å². The van der Waals surface area contributed by atoms with Crippen molar-refractivity contribution in [2.75, 3.05) is 13.7 Å². The molecule has 1 aromatic rings. The van der Waals surface area contributed by atoms with Crippen molar-refractivity contribution in [3.63, 3.8) is 0 Å². The van der Waals surface area contributed by atoms with Gasteiger partial charge in [0.25, 0.3) is 0 Å². The van der Waals surface area contributed by atoms with Crippen LogP contribution in [0.2, 0.25) is 0 Å². The smallest absolute Gasteiger partial charge is 0.307 e. The summed E-state index contributed by atoms with van der Waals surface area (Å²) in [6, 6.07) is 7.15. The number of nitrogens with one attached hydrogen (secondary N) is 1. The summed E-state index contributed by atoms with van der Waals surface area (Å²) in [5, 5.41) is 2.76. The van der Waals surface area contributed by atoms with Crippen LogP contribution in [0.3, 0.4) is 0 Å². The van der Waals surface area contributed by atoms with Gasteiger partial charge in [-0.2, -0.15) is 0 Å². The molecule has 0 aromatic heterocycles. The number of methoxy groups -OCH3 is 1. The van der Waals surface area contributed by atoms with Gasteiger partial charge in [0.2, 0.25) is 5.91 Å². The number of carbonyl (C=O) groups excluding carboxylic acids is 2. The molecule has 5 heteroatoms. The van der Waals surface area contributed by atoms with Crippen LogP contribution in [0.15, 0.2) is 24.3 Å². The van der Waals surface area contributed by atoms with Crippen LogP contribution < -0.4 is 10.1 Å². The number of amides is 1. The Morgan fingerprint density at radius 3 is 2.45 bits per heavy atom. The van der Waals surface area contributed by atoms with Crippen LogP contribution in [0.4, 0.5) is 0 Å². The maximum Gasteiger partial charge on any atom is 0.307 e. The van der Waals surface area contributed by atoms with Gasteiger partial charge in [0.1, 0.15) is 5.75 Å². The highest BCUT2D eigenvalue weighted by Gasteiger charge is 2.12. The predicted octanol–water partition coefficient (Wildman–Crippen LogP) is 1.70. The van der Waals surface area contributed by atoms with E-state index in [1.165, 1.54) is 7.11 Å². The molecular weight excluding hydrogens is 258 g/mol. The third-order valence-electron chi connectivity index (χ3n) is 2.71. The largest absolute Gasteiger partial charge is 0.494 e. The molecule has 1 aromatic carbocycles. The summed E-state index contributed by atoms with van der Waals surface area (Å²) >= 11 is 0. The number of carbonyl (C=O) groups is 2. The van der Waals surface area contributed by atoms with Gasteiger partial charge in [-0.1, -0.05) is 12.1 Å². The number of hydrogen-bond donors (Lipinski definition) is 1. The molecule has 20 heavy (non-hydrogen) atoms. The molecule has 0 heterocycles. The van der Waals surface area contributed by atoms with Gasteiger partial charge < -0.3 is 14.8 Å². The minimum atomic E-state index is -0.334. The maximum absolute atomic E-state index is 11.8. The first-order chi connectivity index (χ1) is 9.55. The molecule has 0 saturated carbocycles. The molecule has 1 amide bonds. The topological polar surface area (TPSA) is 64.6 Å². The molecule has 0 bridgehead atoms. The molecule has 1 unspecified atom stereocenters. The van der Waals surface area contributed by atoms with E-state index in [0.717, 1.165) is 11.3 Å². The highest BCUT2D eigenvalue weighted by atomic mass is 16.5. The Morgan fingerprint density at radius 1 is 1.25 bits per heavy atom. The molecule has 1 rings (SSSR count). The standard InChI is InChI=1S/C15H21NO4/c1-4-20-13-7-5-12(6-8-13)10-14(17)16-11(2)9-15(18)19-3/h5-8,11H,4,9-10H2,1-3H3,(H,16,17).